The molecule has 0 saturated carbocycles. The van der Waals surface area contributed by atoms with Gasteiger partial charge in [0, 0.05) is 5.41 Å². The minimum Gasteiger partial charge on any atom is -0.475 e. The lowest BCUT2D eigenvalue weighted by atomic mass is 10.7. The molecular formula is C5H7NO2S. The van der Waals surface area contributed by atoms with Gasteiger partial charge in [-0.1, -0.05) is 0 Å². The van der Waals surface area contributed by atoms with Crippen LogP contribution in [-0.4, -0.2) is 24.2 Å². The van der Waals surface area contributed by atoms with Crippen LogP contribution in [0.15, 0.2) is 11.3 Å². The average molecular weight is 145 g/mol. The van der Waals surface area contributed by atoms with Gasteiger partial charge in [-0.05, 0) is 0 Å². The Balaban J connectivity index is 2.09. The lowest BCUT2D eigenvalue weighted by Gasteiger charge is -2.25. The summed E-state index contributed by atoms with van der Waals surface area (Å²) in [5.74, 6) is 1.74. The standard InChI is InChI=1S/C5H7NO2S/c1-2-8-6-4-9-3-5(6)7-1/h3H,1-2,4H2. The van der Waals surface area contributed by atoms with E-state index in [-0.39, 0.29) is 0 Å². The lowest BCUT2D eigenvalue weighted by molar-refractivity contribution is -0.197. The molecule has 3 nitrogen and oxygen atoms in total. The van der Waals surface area contributed by atoms with Crippen LogP contribution in [0, 0.1) is 0 Å². The van der Waals surface area contributed by atoms with Crippen molar-refractivity contribution in [3.63, 3.8) is 0 Å². The van der Waals surface area contributed by atoms with Crippen molar-refractivity contribution in [2.45, 2.75) is 0 Å². The van der Waals surface area contributed by atoms with Crippen LogP contribution in [-0.2, 0) is 9.57 Å². The third kappa shape index (κ3) is 0.881. The Bertz CT molecular complexity index is 148. The summed E-state index contributed by atoms with van der Waals surface area (Å²) in [5.41, 5.74) is 0. The maximum absolute atomic E-state index is 5.24. The molecule has 0 bridgehead atoms. The predicted octanol–water partition coefficient (Wildman–Crippen LogP) is 0.753. The van der Waals surface area contributed by atoms with Crippen molar-refractivity contribution in [1.29, 1.82) is 0 Å². The van der Waals surface area contributed by atoms with E-state index in [1.807, 2.05) is 5.41 Å². The van der Waals surface area contributed by atoms with Crippen LogP contribution in [0.25, 0.3) is 0 Å². The third-order valence-corrected chi connectivity index (χ3v) is 1.95. The fraction of sp³-hybridized carbons (Fsp3) is 0.600. The number of nitrogens with zero attached hydrogens (tertiary/aromatic N) is 1. The van der Waals surface area contributed by atoms with Crippen LogP contribution in [0.3, 0.4) is 0 Å². The molecule has 0 unspecified atom stereocenters. The molecule has 0 aromatic heterocycles. The van der Waals surface area contributed by atoms with Crippen molar-refractivity contribution in [1.82, 2.24) is 5.06 Å². The minimum absolute atomic E-state index is 0.678. The highest BCUT2D eigenvalue weighted by molar-refractivity contribution is 8.02. The zero-order valence-electron chi connectivity index (χ0n) is 4.87. The summed E-state index contributed by atoms with van der Waals surface area (Å²) in [5, 5.41) is 3.74. The van der Waals surface area contributed by atoms with Gasteiger partial charge in [-0.15, -0.1) is 11.8 Å². The Labute approximate surface area is 57.6 Å². The van der Waals surface area contributed by atoms with Crippen molar-refractivity contribution in [2.24, 2.45) is 0 Å². The van der Waals surface area contributed by atoms with Gasteiger partial charge in [0.05, 0.1) is 5.88 Å². The molecule has 0 N–H and O–H groups in total. The first-order valence-corrected chi connectivity index (χ1v) is 3.87. The summed E-state index contributed by atoms with van der Waals surface area (Å²) in [7, 11) is 0. The number of hydrogen-bond donors (Lipinski definition) is 0. The molecule has 2 aliphatic heterocycles. The SMILES string of the molecule is C1=C2OCCON2CS1. The lowest BCUT2D eigenvalue weighted by Crippen LogP contribution is -2.28. The van der Waals surface area contributed by atoms with Gasteiger partial charge in [0.1, 0.15) is 13.2 Å². The second kappa shape index (κ2) is 2.11. The molecule has 0 radical (unpaired) electrons. The number of rotatable bonds is 0. The smallest absolute Gasteiger partial charge is 0.221 e. The molecule has 0 spiro atoms. The molecule has 2 rings (SSSR count). The summed E-state index contributed by atoms with van der Waals surface area (Å²) >= 11 is 1.69. The molecule has 0 aliphatic carbocycles. The Kier molecular flexibility index (Phi) is 1.28. The molecule has 1 fully saturated rings. The molecule has 0 atom stereocenters. The van der Waals surface area contributed by atoms with Crippen LogP contribution in [0.5, 0.6) is 0 Å². The van der Waals surface area contributed by atoms with Gasteiger partial charge in [0.15, 0.2) is 0 Å². The number of ether oxygens (including phenoxy) is 1. The molecule has 50 valence electrons. The van der Waals surface area contributed by atoms with Gasteiger partial charge in [-0.25, -0.2) is 5.06 Å². The van der Waals surface area contributed by atoms with Gasteiger partial charge in [0.25, 0.3) is 0 Å². The van der Waals surface area contributed by atoms with E-state index in [0.29, 0.717) is 13.2 Å². The molecule has 4 heteroatoms. The number of hydrogen-bond acceptors (Lipinski definition) is 4. The van der Waals surface area contributed by atoms with Crippen LogP contribution in [0.4, 0.5) is 0 Å². The number of hydroxylamine groups is 2. The first-order chi connectivity index (χ1) is 4.47. The van der Waals surface area contributed by atoms with Crippen molar-refractivity contribution >= 4 is 11.8 Å². The van der Waals surface area contributed by atoms with E-state index in [2.05, 4.69) is 0 Å². The summed E-state index contributed by atoms with van der Waals surface area (Å²) in [6, 6.07) is 0. The van der Waals surface area contributed by atoms with Crippen molar-refractivity contribution in [2.75, 3.05) is 19.1 Å². The van der Waals surface area contributed by atoms with E-state index in [4.69, 9.17) is 9.57 Å². The molecular weight excluding hydrogens is 138 g/mol. The minimum atomic E-state index is 0.678. The zero-order valence-corrected chi connectivity index (χ0v) is 5.69. The maximum atomic E-state index is 5.24. The Hall–Kier alpha value is -0.350. The van der Waals surface area contributed by atoms with Gasteiger partial charge in [-0.3, -0.25) is 4.84 Å². The van der Waals surface area contributed by atoms with Crippen LogP contribution in [0.2, 0.25) is 0 Å². The molecule has 9 heavy (non-hydrogen) atoms. The van der Waals surface area contributed by atoms with Gasteiger partial charge < -0.3 is 4.74 Å². The van der Waals surface area contributed by atoms with Gasteiger partial charge in [0.2, 0.25) is 5.88 Å². The summed E-state index contributed by atoms with van der Waals surface area (Å²) in [6.07, 6.45) is 0. The maximum Gasteiger partial charge on any atom is 0.221 e. The van der Waals surface area contributed by atoms with Gasteiger partial charge in [-0.2, -0.15) is 0 Å². The average Bonchev–Trinajstić information content (AvgIpc) is 2.33. The highest BCUT2D eigenvalue weighted by Crippen LogP contribution is 2.25. The van der Waals surface area contributed by atoms with Crippen molar-refractivity contribution < 1.29 is 9.57 Å². The zero-order chi connectivity index (χ0) is 6.10. The Morgan fingerprint density at radius 2 is 2.56 bits per heavy atom. The van der Waals surface area contributed by atoms with E-state index in [1.54, 1.807) is 16.8 Å². The fourth-order valence-electron chi connectivity index (χ4n) is 0.799. The van der Waals surface area contributed by atoms with E-state index in [9.17, 15) is 0 Å². The summed E-state index contributed by atoms with van der Waals surface area (Å²) in [4.78, 5) is 5.22. The molecule has 1 saturated heterocycles. The summed E-state index contributed by atoms with van der Waals surface area (Å²) in [6.45, 7) is 1.36. The highest BCUT2D eigenvalue weighted by atomic mass is 32.2. The van der Waals surface area contributed by atoms with E-state index in [0.717, 1.165) is 11.8 Å². The second-order valence-electron chi connectivity index (χ2n) is 1.81. The first-order valence-electron chi connectivity index (χ1n) is 2.82. The number of thioether (sulfide) groups is 1. The van der Waals surface area contributed by atoms with Crippen LogP contribution >= 0.6 is 11.8 Å². The molecule has 0 aromatic rings. The van der Waals surface area contributed by atoms with Crippen LogP contribution in [0.1, 0.15) is 0 Å². The third-order valence-electron chi connectivity index (χ3n) is 1.20. The largest absolute Gasteiger partial charge is 0.475 e. The Morgan fingerprint density at radius 1 is 1.56 bits per heavy atom. The fourth-order valence-corrected chi connectivity index (χ4v) is 1.54. The van der Waals surface area contributed by atoms with E-state index < -0.39 is 0 Å². The van der Waals surface area contributed by atoms with Crippen LogP contribution < -0.4 is 0 Å². The normalized spacial score (nSPS) is 24.9. The topological polar surface area (TPSA) is 21.7 Å². The van der Waals surface area contributed by atoms with Crippen molar-refractivity contribution in [3.8, 4) is 0 Å². The predicted molar refractivity (Wildman–Crippen MR) is 34.3 cm³/mol. The summed E-state index contributed by atoms with van der Waals surface area (Å²) < 4.78 is 5.24. The Morgan fingerprint density at radius 3 is 3.44 bits per heavy atom. The van der Waals surface area contributed by atoms with E-state index in [1.165, 1.54) is 0 Å². The highest BCUT2D eigenvalue weighted by Gasteiger charge is 2.21. The second-order valence-corrected chi connectivity index (χ2v) is 2.64. The monoisotopic (exact) mass is 145 g/mol. The van der Waals surface area contributed by atoms with Crippen molar-refractivity contribution in [3.05, 3.63) is 11.3 Å². The van der Waals surface area contributed by atoms with E-state index >= 15 is 0 Å². The number of fused-ring (bicyclic) bond motifs is 1. The molecule has 2 heterocycles. The quantitative estimate of drug-likeness (QED) is 0.501. The molecule has 0 aromatic carbocycles. The first kappa shape index (κ1) is 5.44. The molecule has 2 aliphatic rings. The van der Waals surface area contributed by atoms with Gasteiger partial charge >= 0.3 is 0 Å². The molecule has 0 amide bonds.